The van der Waals surface area contributed by atoms with Crippen molar-refractivity contribution in [2.24, 2.45) is 11.8 Å². The molecule has 1 atom stereocenters. The van der Waals surface area contributed by atoms with Crippen molar-refractivity contribution in [1.29, 1.82) is 0 Å². The second-order valence-electron chi connectivity index (χ2n) is 6.74. The number of rotatable bonds is 5. The predicted molar refractivity (Wildman–Crippen MR) is 83.0 cm³/mol. The van der Waals surface area contributed by atoms with Gasteiger partial charge in [-0.05, 0) is 44.9 Å². The average molecular weight is 289 g/mol. The van der Waals surface area contributed by atoms with Crippen LogP contribution in [0.15, 0.2) is 6.20 Å². The van der Waals surface area contributed by atoms with E-state index in [1.54, 1.807) is 0 Å². The van der Waals surface area contributed by atoms with E-state index in [1.807, 2.05) is 6.20 Å². The van der Waals surface area contributed by atoms with E-state index in [0.29, 0.717) is 17.7 Å². The second-order valence-corrected chi connectivity index (χ2v) is 6.74. The number of carbonyl (C=O) groups is 1. The molecule has 1 aliphatic heterocycles. The molecule has 1 aromatic rings. The molecule has 1 unspecified atom stereocenters. The number of aryl methyl sites for hydroxylation is 1. The number of piperidine rings is 1. The van der Waals surface area contributed by atoms with Crippen molar-refractivity contribution in [1.82, 2.24) is 14.5 Å². The number of amides is 1. The van der Waals surface area contributed by atoms with Crippen LogP contribution in [0.5, 0.6) is 0 Å². The first kappa shape index (κ1) is 14.6. The van der Waals surface area contributed by atoms with Gasteiger partial charge in [-0.2, -0.15) is 0 Å². The fourth-order valence-corrected chi connectivity index (χ4v) is 3.48. The lowest BCUT2D eigenvalue weighted by Crippen LogP contribution is -2.41. The molecule has 2 fully saturated rings. The predicted octanol–water partition coefficient (Wildman–Crippen LogP) is 2.79. The van der Waals surface area contributed by atoms with Crippen LogP contribution in [-0.2, 0) is 17.8 Å². The van der Waals surface area contributed by atoms with E-state index in [-0.39, 0.29) is 0 Å². The van der Waals surface area contributed by atoms with Gasteiger partial charge in [0.25, 0.3) is 0 Å². The smallest absolute Gasteiger partial charge is 0.225 e. The summed E-state index contributed by atoms with van der Waals surface area (Å²) in [5, 5.41) is 0. The highest BCUT2D eigenvalue weighted by molar-refractivity contribution is 5.81. The standard InChI is InChI=1S/C17H27N3O/c1-3-8-20-13(2)11-18-16(20)10-14-5-4-9-19(12-14)17(21)15-6-7-15/h11,14-15H,3-10,12H2,1-2H3. The summed E-state index contributed by atoms with van der Waals surface area (Å²) in [7, 11) is 0. The molecule has 1 saturated carbocycles. The minimum Gasteiger partial charge on any atom is -0.342 e. The molecule has 1 amide bonds. The van der Waals surface area contributed by atoms with Crippen LogP contribution in [0.25, 0.3) is 0 Å². The van der Waals surface area contributed by atoms with E-state index < -0.39 is 0 Å². The molecule has 0 radical (unpaired) electrons. The molecule has 3 rings (SSSR count). The van der Waals surface area contributed by atoms with Crippen molar-refractivity contribution in [2.75, 3.05) is 13.1 Å². The van der Waals surface area contributed by atoms with E-state index in [1.165, 1.54) is 17.9 Å². The van der Waals surface area contributed by atoms with E-state index >= 15 is 0 Å². The molecule has 0 bridgehead atoms. The van der Waals surface area contributed by atoms with Crippen molar-refractivity contribution in [3.05, 3.63) is 17.7 Å². The maximum absolute atomic E-state index is 12.2. The molecule has 2 aliphatic rings. The molecule has 1 aromatic heterocycles. The van der Waals surface area contributed by atoms with E-state index in [2.05, 4.69) is 28.3 Å². The lowest BCUT2D eigenvalue weighted by molar-refractivity contribution is -0.134. The highest BCUT2D eigenvalue weighted by Crippen LogP contribution is 2.33. The number of aromatic nitrogens is 2. The Kier molecular flexibility index (Phi) is 4.32. The van der Waals surface area contributed by atoms with Crippen LogP contribution >= 0.6 is 0 Å². The lowest BCUT2D eigenvalue weighted by Gasteiger charge is -2.33. The summed E-state index contributed by atoms with van der Waals surface area (Å²) < 4.78 is 2.35. The number of nitrogens with zero attached hydrogens (tertiary/aromatic N) is 3. The van der Waals surface area contributed by atoms with Gasteiger partial charge < -0.3 is 9.47 Å². The summed E-state index contributed by atoms with van der Waals surface area (Å²) in [4.78, 5) is 19.0. The van der Waals surface area contributed by atoms with Gasteiger partial charge in [0.1, 0.15) is 5.82 Å². The fraction of sp³-hybridized carbons (Fsp3) is 0.765. The first-order valence-corrected chi connectivity index (χ1v) is 8.48. The van der Waals surface area contributed by atoms with Crippen LogP contribution in [-0.4, -0.2) is 33.4 Å². The molecule has 4 heteroatoms. The Morgan fingerprint density at radius 1 is 1.38 bits per heavy atom. The molecular formula is C17H27N3O. The van der Waals surface area contributed by atoms with E-state index in [4.69, 9.17) is 0 Å². The minimum absolute atomic E-state index is 0.355. The summed E-state index contributed by atoms with van der Waals surface area (Å²) in [6.45, 7) is 7.30. The van der Waals surface area contributed by atoms with E-state index in [0.717, 1.165) is 51.7 Å². The highest BCUT2D eigenvalue weighted by atomic mass is 16.2. The fourth-order valence-electron chi connectivity index (χ4n) is 3.48. The number of carbonyl (C=O) groups excluding carboxylic acids is 1. The number of likely N-dealkylation sites (tertiary alicyclic amines) is 1. The topological polar surface area (TPSA) is 38.1 Å². The number of hydrogen-bond donors (Lipinski definition) is 0. The van der Waals surface area contributed by atoms with Gasteiger partial charge >= 0.3 is 0 Å². The van der Waals surface area contributed by atoms with Crippen LogP contribution in [0, 0.1) is 18.8 Å². The maximum Gasteiger partial charge on any atom is 0.225 e. The van der Waals surface area contributed by atoms with Crippen LogP contribution in [0.1, 0.15) is 50.5 Å². The van der Waals surface area contributed by atoms with Gasteiger partial charge in [-0.3, -0.25) is 4.79 Å². The Hall–Kier alpha value is -1.32. The van der Waals surface area contributed by atoms with Gasteiger partial charge in [0, 0.05) is 43.9 Å². The molecular weight excluding hydrogens is 262 g/mol. The molecule has 0 spiro atoms. The number of hydrogen-bond acceptors (Lipinski definition) is 2. The van der Waals surface area contributed by atoms with Crippen molar-refractivity contribution >= 4 is 5.91 Å². The van der Waals surface area contributed by atoms with Crippen molar-refractivity contribution in [3.8, 4) is 0 Å². The molecule has 116 valence electrons. The first-order chi connectivity index (χ1) is 10.2. The lowest BCUT2D eigenvalue weighted by atomic mass is 9.94. The summed E-state index contributed by atoms with van der Waals surface area (Å²) in [6, 6.07) is 0. The normalized spacial score (nSPS) is 22.6. The monoisotopic (exact) mass is 289 g/mol. The molecule has 4 nitrogen and oxygen atoms in total. The third kappa shape index (κ3) is 3.30. The summed E-state index contributed by atoms with van der Waals surface area (Å²) >= 11 is 0. The van der Waals surface area contributed by atoms with E-state index in [9.17, 15) is 4.79 Å². The maximum atomic E-state index is 12.2. The zero-order valence-electron chi connectivity index (χ0n) is 13.3. The Bertz CT molecular complexity index is 504. The van der Waals surface area contributed by atoms with Gasteiger partial charge in [-0.25, -0.2) is 4.98 Å². The minimum atomic E-state index is 0.355. The van der Waals surface area contributed by atoms with Crippen LogP contribution in [0.2, 0.25) is 0 Å². The third-order valence-corrected chi connectivity index (χ3v) is 4.81. The van der Waals surface area contributed by atoms with Gasteiger partial charge in [0.05, 0.1) is 0 Å². The van der Waals surface area contributed by atoms with Crippen molar-refractivity contribution < 1.29 is 4.79 Å². The zero-order chi connectivity index (χ0) is 14.8. The third-order valence-electron chi connectivity index (χ3n) is 4.81. The largest absolute Gasteiger partial charge is 0.342 e. The molecule has 0 N–H and O–H groups in total. The van der Waals surface area contributed by atoms with Crippen LogP contribution in [0.3, 0.4) is 0 Å². The van der Waals surface area contributed by atoms with Crippen LogP contribution < -0.4 is 0 Å². The molecule has 1 aliphatic carbocycles. The second kappa shape index (κ2) is 6.20. The Morgan fingerprint density at radius 2 is 2.19 bits per heavy atom. The number of imidazole rings is 1. The average Bonchev–Trinajstić information content (AvgIpc) is 3.28. The summed E-state index contributed by atoms with van der Waals surface area (Å²) in [6.07, 6.45) is 8.74. The summed E-state index contributed by atoms with van der Waals surface area (Å²) in [5.74, 6) is 2.56. The Morgan fingerprint density at radius 3 is 2.90 bits per heavy atom. The molecule has 21 heavy (non-hydrogen) atoms. The summed E-state index contributed by atoms with van der Waals surface area (Å²) in [5.41, 5.74) is 1.26. The molecule has 2 heterocycles. The van der Waals surface area contributed by atoms with Gasteiger partial charge in [-0.1, -0.05) is 6.92 Å². The quantitative estimate of drug-likeness (QED) is 0.836. The van der Waals surface area contributed by atoms with Gasteiger partial charge in [-0.15, -0.1) is 0 Å². The van der Waals surface area contributed by atoms with Gasteiger partial charge in [0.15, 0.2) is 0 Å². The van der Waals surface area contributed by atoms with Crippen LogP contribution in [0.4, 0.5) is 0 Å². The Balaban J connectivity index is 1.63. The highest BCUT2D eigenvalue weighted by Gasteiger charge is 2.35. The van der Waals surface area contributed by atoms with Gasteiger partial charge in [0.2, 0.25) is 5.91 Å². The molecule has 1 saturated heterocycles. The zero-order valence-corrected chi connectivity index (χ0v) is 13.3. The van der Waals surface area contributed by atoms with Crippen molar-refractivity contribution in [2.45, 2.75) is 58.9 Å². The van der Waals surface area contributed by atoms with Crippen molar-refractivity contribution in [3.63, 3.8) is 0 Å². The SMILES string of the molecule is CCCn1c(C)cnc1CC1CCCN(C(=O)C2CC2)C1. The molecule has 0 aromatic carbocycles. The first-order valence-electron chi connectivity index (χ1n) is 8.48. The Labute approximate surface area is 127 Å².